The molecule has 1 aromatic heterocycles. The first-order chi connectivity index (χ1) is 10.5. The summed E-state index contributed by atoms with van der Waals surface area (Å²) in [6.45, 7) is 3.73. The number of carbonyl (C=O) groups excluding carboxylic acids is 1. The summed E-state index contributed by atoms with van der Waals surface area (Å²) in [5, 5.41) is 9.17. The minimum atomic E-state index is -0.415. The fourth-order valence-electron chi connectivity index (χ4n) is 1.79. The van der Waals surface area contributed by atoms with E-state index >= 15 is 0 Å². The van der Waals surface area contributed by atoms with Crippen LogP contribution in [-0.4, -0.2) is 33.6 Å². The smallest absolute Gasteiger partial charge is 0.274 e. The fourth-order valence-corrected chi connectivity index (χ4v) is 3.03. The van der Waals surface area contributed by atoms with E-state index in [2.05, 4.69) is 15.6 Å². The van der Waals surface area contributed by atoms with Crippen LogP contribution < -0.4 is 10.2 Å². The molecular formula is C13H14Cl2N4O2S. The standard InChI is InChI=1S/C13H14Cl2N4O2S/c1-4-22-13-17-16-7(2)19(13)18-12(20)9-5-8(14)6-10(15)11(9)21-3/h5-6H,4H2,1-3H3,(H,18,20). The van der Waals surface area contributed by atoms with Gasteiger partial charge in [-0.05, 0) is 24.8 Å². The fraction of sp³-hybridized carbons (Fsp3) is 0.308. The first-order valence-electron chi connectivity index (χ1n) is 6.37. The van der Waals surface area contributed by atoms with E-state index in [1.54, 1.807) is 6.92 Å². The molecule has 0 saturated heterocycles. The summed E-state index contributed by atoms with van der Waals surface area (Å²) >= 11 is 13.5. The van der Waals surface area contributed by atoms with Crippen LogP contribution in [0.2, 0.25) is 10.0 Å². The average molecular weight is 361 g/mol. The molecule has 22 heavy (non-hydrogen) atoms. The maximum absolute atomic E-state index is 12.5. The number of hydrogen-bond donors (Lipinski definition) is 1. The summed E-state index contributed by atoms with van der Waals surface area (Å²) in [4.78, 5) is 12.5. The Balaban J connectivity index is 2.36. The third-order valence-electron chi connectivity index (χ3n) is 2.74. The van der Waals surface area contributed by atoms with Gasteiger partial charge in [-0.2, -0.15) is 0 Å². The van der Waals surface area contributed by atoms with Gasteiger partial charge in [0.15, 0.2) is 0 Å². The van der Waals surface area contributed by atoms with Crippen LogP contribution in [0.4, 0.5) is 0 Å². The number of halogens is 2. The molecule has 6 nitrogen and oxygen atoms in total. The molecule has 2 aromatic rings. The third kappa shape index (κ3) is 3.48. The molecule has 0 saturated carbocycles. The summed E-state index contributed by atoms with van der Waals surface area (Å²) in [6.07, 6.45) is 0. The van der Waals surface area contributed by atoms with Gasteiger partial charge in [0.25, 0.3) is 5.91 Å². The lowest BCUT2D eigenvalue weighted by molar-refractivity contribution is 0.100. The molecule has 0 unspecified atom stereocenters. The first-order valence-corrected chi connectivity index (χ1v) is 8.11. The van der Waals surface area contributed by atoms with Gasteiger partial charge in [-0.15, -0.1) is 10.2 Å². The highest BCUT2D eigenvalue weighted by molar-refractivity contribution is 7.99. The molecule has 0 aliphatic carbocycles. The highest BCUT2D eigenvalue weighted by atomic mass is 35.5. The molecule has 0 atom stereocenters. The van der Waals surface area contributed by atoms with Crippen LogP contribution in [-0.2, 0) is 0 Å². The number of hydrogen-bond acceptors (Lipinski definition) is 5. The van der Waals surface area contributed by atoms with Crippen LogP contribution in [0.5, 0.6) is 5.75 Å². The summed E-state index contributed by atoms with van der Waals surface area (Å²) in [5.41, 5.74) is 2.96. The van der Waals surface area contributed by atoms with E-state index in [0.717, 1.165) is 5.75 Å². The van der Waals surface area contributed by atoms with Gasteiger partial charge in [-0.3, -0.25) is 10.2 Å². The molecule has 9 heteroatoms. The van der Waals surface area contributed by atoms with E-state index in [1.165, 1.54) is 35.7 Å². The number of rotatable bonds is 5. The number of nitrogens with one attached hydrogen (secondary N) is 1. The molecule has 0 aliphatic heterocycles. The van der Waals surface area contributed by atoms with Crippen molar-refractivity contribution in [2.75, 3.05) is 18.3 Å². The number of carbonyl (C=O) groups is 1. The van der Waals surface area contributed by atoms with Crippen molar-refractivity contribution in [3.8, 4) is 5.75 Å². The van der Waals surface area contributed by atoms with Crippen molar-refractivity contribution in [2.24, 2.45) is 0 Å². The summed E-state index contributed by atoms with van der Waals surface area (Å²) in [5.74, 6) is 1.22. The monoisotopic (exact) mass is 360 g/mol. The van der Waals surface area contributed by atoms with Crippen molar-refractivity contribution in [1.29, 1.82) is 0 Å². The summed E-state index contributed by atoms with van der Waals surface area (Å²) in [7, 11) is 1.44. The van der Waals surface area contributed by atoms with Crippen LogP contribution >= 0.6 is 35.0 Å². The second-order valence-corrected chi connectivity index (χ2v) is 6.28. The minimum Gasteiger partial charge on any atom is -0.494 e. The van der Waals surface area contributed by atoms with E-state index in [-0.39, 0.29) is 16.3 Å². The van der Waals surface area contributed by atoms with Gasteiger partial charge in [-0.1, -0.05) is 41.9 Å². The topological polar surface area (TPSA) is 69.0 Å². The molecule has 1 N–H and O–H groups in total. The Kier molecular flexibility index (Phi) is 5.55. The van der Waals surface area contributed by atoms with Crippen LogP contribution in [0.15, 0.2) is 17.3 Å². The zero-order chi connectivity index (χ0) is 16.3. The summed E-state index contributed by atoms with van der Waals surface area (Å²) < 4.78 is 6.70. The predicted molar refractivity (Wildman–Crippen MR) is 87.9 cm³/mol. The van der Waals surface area contributed by atoms with Crippen LogP contribution in [0.3, 0.4) is 0 Å². The lowest BCUT2D eigenvalue weighted by atomic mass is 10.2. The third-order valence-corrected chi connectivity index (χ3v) is 4.05. The number of aromatic nitrogens is 3. The second-order valence-electron chi connectivity index (χ2n) is 4.21. The molecule has 0 spiro atoms. The normalized spacial score (nSPS) is 10.6. The Bertz CT molecular complexity index is 706. The number of aryl methyl sites for hydroxylation is 1. The van der Waals surface area contributed by atoms with E-state index < -0.39 is 5.91 Å². The number of amides is 1. The maximum Gasteiger partial charge on any atom is 0.274 e. The molecule has 2 rings (SSSR count). The molecular weight excluding hydrogens is 347 g/mol. The largest absolute Gasteiger partial charge is 0.494 e. The van der Waals surface area contributed by atoms with E-state index in [4.69, 9.17) is 27.9 Å². The Morgan fingerprint density at radius 2 is 2.14 bits per heavy atom. The molecule has 1 aromatic carbocycles. The number of thioether (sulfide) groups is 1. The lowest BCUT2D eigenvalue weighted by Crippen LogP contribution is -2.25. The Morgan fingerprint density at radius 1 is 1.41 bits per heavy atom. The van der Waals surface area contributed by atoms with Crippen molar-refractivity contribution in [1.82, 2.24) is 14.9 Å². The highest BCUT2D eigenvalue weighted by Crippen LogP contribution is 2.32. The molecule has 1 amide bonds. The van der Waals surface area contributed by atoms with Crippen LogP contribution in [0, 0.1) is 6.92 Å². The van der Waals surface area contributed by atoms with Crippen molar-refractivity contribution >= 4 is 40.9 Å². The molecule has 0 fully saturated rings. The zero-order valence-electron chi connectivity index (χ0n) is 12.2. The van der Waals surface area contributed by atoms with Gasteiger partial charge in [0.1, 0.15) is 11.6 Å². The zero-order valence-corrected chi connectivity index (χ0v) is 14.5. The Labute approximate surface area is 142 Å². The van der Waals surface area contributed by atoms with Crippen molar-refractivity contribution in [3.05, 3.63) is 33.6 Å². The Morgan fingerprint density at radius 3 is 2.77 bits per heavy atom. The quantitative estimate of drug-likeness (QED) is 0.827. The first kappa shape index (κ1) is 16.9. The number of methoxy groups -OCH3 is 1. The maximum atomic E-state index is 12.5. The van der Waals surface area contributed by atoms with Crippen molar-refractivity contribution in [3.63, 3.8) is 0 Å². The molecule has 0 radical (unpaired) electrons. The minimum absolute atomic E-state index is 0.237. The molecule has 118 valence electrons. The SMILES string of the molecule is CCSc1nnc(C)n1NC(=O)c1cc(Cl)cc(Cl)c1OC. The molecule has 1 heterocycles. The van der Waals surface area contributed by atoms with Crippen LogP contribution in [0.25, 0.3) is 0 Å². The predicted octanol–water partition coefficient (Wildman–Crippen LogP) is 3.40. The van der Waals surface area contributed by atoms with E-state index in [1.807, 2.05) is 6.92 Å². The van der Waals surface area contributed by atoms with Gasteiger partial charge in [-0.25, -0.2) is 4.68 Å². The average Bonchev–Trinajstić information content (AvgIpc) is 2.80. The summed E-state index contributed by atoms with van der Waals surface area (Å²) in [6, 6.07) is 3.01. The number of ether oxygens (including phenoxy) is 1. The molecule has 0 aliphatic rings. The van der Waals surface area contributed by atoms with Gasteiger partial charge in [0.2, 0.25) is 5.16 Å². The van der Waals surface area contributed by atoms with Crippen molar-refractivity contribution in [2.45, 2.75) is 19.0 Å². The van der Waals surface area contributed by atoms with Crippen molar-refractivity contribution < 1.29 is 9.53 Å². The number of benzene rings is 1. The van der Waals surface area contributed by atoms with Gasteiger partial charge in [0.05, 0.1) is 17.7 Å². The van der Waals surface area contributed by atoms with Gasteiger partial charge >= 0.3 is 0 Å². The van der Waals surface area contributed by atoms with Gasteiger partial charge in [0, 0.05) is 5.02 Å². The van der Waals surface area contributed by atoms with E-state index in [9.17, 15) is 4.79 Å². The van der Waals surface area contributed by atoms with E-state index in [0.29, 0.717) is 16.0 Å². The lowest BCUT2D eigenvalue weighted by Gasteiger charge is -2.13. The Hall–Kier alpha value is -1.44. The number of nitrogens with zero attached hydrogens (tertiary/aromatic N) is 3. The van der Waals surface area contributed by atoms with Crippen LogP contribution in [0.1, 0.15) is 23.1 Å². The van der Waals surface area contributed by atoms with Gasteiger partial charge < -0.3 is 4.74 Å². The second kappa shape index (κ2) is 7.21. The highest BCUT2D eigenvalue weighted by Gasteiger charge is 2.19. The molecule has 0 bridgehead atoms.